The number of ether oxygens (including phenoxy) is 5. The van der Waals surface area contributed by atoms with Crippen LogP contribution in [0.1, 0.15) is 98.9 Å². The average molecular weight is 790 g/mol. The van der Waals surface area contributed by atoms with Crippen molar-refractivity contribution in [2.24, 2.45) is 22.7 Å². The molecule has 56 heavy (non-hydrogen) atoms. The van der Waals surface area contributed by atoms with E-state index in [0.29, 0.717) is 0 Å². The number of amides is 1. The van der Waals surface area contributed by atoms with Gasteiger partial charge < -0.3 is 54.5 Å². The number of carbonyl (C=O) groups is 4. The SMILES string of the molecule is CC(=O)O[C@@]12CO[C@H]1C[C@@H](O)[C@]1(C)[C@H](O)[C@@H](O)C3=C(C)[C@H](OC(=O)[C@H](O)[C@H](CC(C)C)NC(=O)OC(C)(C)C)C[C@@](O)([C@H](OC(=O)c4ccccc4)[C@@H]21)C3(C)C. The van der Waals surface area contributed by atoms with Gasteiger partial charge in [0.1, 0.15) is 35.6 Å². The molecule has 15 heteroatoms. The molecule has 312 valence electrons. The van der Waals surface area contributed by atoms with E-state index in [-0.39, 0.29) is 42.1 Å². The largest absolute Gasteiger partial charge is 0.456 e. The summed E-state index contributed by atoms with van der Waals surface area (Å²) < 4.78 is 29.5. The van der Waals surface area contributed by atoms with Gasteiger partial charge in [0.2, 0.25) is 0 Å². The number of alkyl carbamates (subject to hydrolysis) is 1. The summed E-state index contributed by atoms with van der Waals surface area (Å²) in [5.74, 6) is -4.27. The van der Waals surface area contributed by atoms with Gasteiger partial charge in [-0.3, -0.25) is 4.79 Å². The van der Waals surface area contributed by atoms with Gasteiger partial charge in [-0.25, -0.2) is 14.4 Å². The molecular formula is C41H59NO14. The fourth-order valence-electron chi connectivity index (χ4n) is 9.60. The standard InChI is InChI=1S/C41H59NO14/c1-20(2)16-24(42-36(50)56-37(5,6)7)29(45)35(49)53-25-18-41(51)33(54-34(48)23-14-12-11-13-15-23)31-39(10,32(47)30(46)28(21(25)3)38(41,8)9)26(44)17-27-40(31,19-52-27)55-22(4)43/h11-15,20,24-27,29-33,44-47,51H,16-19H2,1-10H3,(H,42,50)/t24-,25+,26+,27-,29+,30-,31+,32+,33+,39-,40-,41+/m0/s1. The number of hydrogen-bond acceptors (Lipinski definition) is 14. The second kappa shape index (κ2) is 15.3. The Morgan fingerprint density at radius 1 is 1.02 bits per heavy atom. The molecule has 2 bridgehead atoms. The van der Waals surface area contributed by atoms with Crippen LogP contribution in [-0.4, -0.2) is 122 Å². The highest BCUT2D eigenvalue weighted by atomic mass is 16.6. The summed E-state index contributed by atoms with van der Waals surface area (Å²) in [6.45, 7) is 15.9. The number of aliphatic hydroxyl groups is 5. The van der Waals surface area contributed by atoms with Crippen LogP contribution in [-0.2, 0) is 33.3 Å². The number of fused-ring (bicyclic) bond motifs is 5. The lowest BCUT2D eigenvalue weighted by Gasteiger charge is -2.69. The highest BCUT2D eigenvalue weighted by molar-refractivity contribution is 5.89. The number of benzene rings is 1. The van der Waals surface area contributed by atoms with E-state index in [1.807, 2.05) is 13.8 Å². The topological polar surface area (TPSA) is 228 Å². The summed E-state index contributed by atoms with van der Waals surface area (Å²) in [5, 5.41) is 63.8. The van der Waals surface area contributed by atoms with Gasteiger partial charge in [0.25, 0.3) is 0 Å². The third kappa shape index (κ3) is 7.46. The van der Waals surface area contributed by atoms with Crippen molar-refractivity contribution in [2.75, 3.05) is 6.61 Å². The van der Waals surface area contributed by atoms with Crippen molar-refractivity contribution >= 4 is 24.0 Å². The van der Waals surface area contributed by atoms with Crippen molar-refractivity contribution in [1.29, 1.82) is 0 Å². The van der Waals surface area contributed by atoms with Crippen LogP contribution in [0.15, 0.2) is 41.5 Å². The molecule has 0 unspecified atom stereocenters. The predicted molar refractivity (Wildman–Crippen MR) is 199 cm³/mol. The van der Waals surface area contributed by atoms with E-state index in [9.17, 15) is 44.7 Å². The molecule has 0 radical (unpaired) electrons. The zero-order chi connectivity index (χ0) is 41.9. The minimum Gasteiger partial charge on any atom is -0.456 e. The number of hydrogen-bond donors (Lipinski definition) is 6. The molecule has 12 atom stereocenters. The summed E-state index contributed by atoms with van der Waals surface area (Å²) in [4.78, 5) is 53.6. The van der Waals surface area contributed by atoms with Gasteiger partial charge in [0.15, 0.2) is 11.7 Å². The van der Waals surface area contributed by atoms with Crippen LogP contribution in [0, 0.1) is 22.7 Å². The molecule has 1 saturated heterocycles. The Balaban J connectivity index is 1.66. The number of aliphatic hydroxyl groups excluding tert-OH is 4. The second-order valence-corrected chi connectivity index (χ2v) is 18.1. The molecule has 1 amide bonds. The average Bonchev–Trinajstić information content (AvgIpc) is 3.08. The summed E-state index contributed by atoms with van der Waals surface area (Å²) in [7, 11) is 0. The van der Waals surface area contributed by atoms with E-state index in [1.54, 1.807) is 59.7 Å². The molecule has 1 aliphatic heterocycles. The summed E-state index contributed by atoms with van der Waals surface area (Å²) in [6, 6.07) is 6.81. The minimum absolute atomic E-state index is 0.0535. The van der Waals surface area contributed by atoms with Crippen LogP contribution in [0.2, 0.25) is 0 Å². The molecule has 6 N–H and O–H groups in total. The molecule has 1 heterocycles. The van der Waals surface area contributed by atoms with Gasteiger partial charge in [-0.15, -0.1) is 0 Å². The molecule has 3 aliphatic carbocycles. The van der Waals surface area contributed by atoms with E-state index in [4.69, 9.17) is 23.7 Å². The maximum atomic E-state index is 14.1. The maximum absolute atomic E-state index is 14.1. The van der Waals surface area contributed by atoms with E-state index >= 15 is 0 Å². The first kappa shape index (κ1) is 43.5. The highest BCUT2D eigenvalue weighted by Crippen LogP contribution is 2.65. The lowest BCUT2D eigenvalue weighted by atomic mass is 9.44. The van der Waals surface area contributed by atoms with E-state index in [1.165, 1.54) is 26.0 Å². The highest BCUT2D eigenvalue weighted by Gasteiger charge is 2.77. The molecule has 2 saturated carbocycles. The zero-order valence-corrected chi connectivity index (χ0v) is 33.9. The molecule has 0 spiro atoms. The number of nitrogens with one attached hydrogen (secondary N) is 1. The van der Waals surface area contributed by atoms with Crippen LogP contribution in [0.3, 0.4) is 0 Å². The summed E-state index contributed by atoms with van der Waals surface area (Å²) >= 11 is 0. The van der Waals surface area contributed by atoms with Gasteiger partial charge in [-0.05, 0) is 63.3 Å². The maximum Gasteiger partial charge on any atom is 0.407 e. The van der Waals surface area contributed by atoms with Crippen molar-refractivity contribution in [3.8, 4) is 0 Å². The number of rotatable bonds is 9. The Labute approximate surface area is 327 Å². The number of esters is 3. The van der Waals surface area contributed by atoms with E-state index in [0.717, 1.165) is 0 Å². The Kier molecular flexibility index (Phi) is 11.9. The predicted octanol–water partition coefficient (Wildman–Crippen LogP) is 2.72. The lowest BCUT2D eigenvalue weighted by Crippen LogP contribution is -2.82. The quantitative estimate of drug-likeness (QED) is 0.120. The van der Waals surface area contributed by atoms with Crippen LogP contribution in [0.4, 0.5) is 4.79 Å². The van der Waals surface area contributed by atoms with Gasteiger partial charge in [0.05, 0.1) is 36.3 Å². The fourth-order valence-corrected chi connectivity index (χ4v) is 9.60. The summed E-state index contributed by atoms with van der Waals surface area (Å²) in [6.07, 6.45) is -12.3. The first-order valence-corrected chi connectivity index (χ1v) is 19.2. The van der Waals surface area contributed by atoms with Gasteiger partial charge in [0, 0.05) is 30.6 Å². The Hall–Kier alpha value is -3.60. The molecule has 3 fully saturated rings. The Bertz CT molecular complexity index is 1700. The molecule has 1 aromatic rings. The van der Waals surface area contributed by atoms with Crippen LogP contribution >= 0.6 is 0 Å². The molecule has 0 aromatic heterocycles. The van der Waals surface area contributed by atoms with Crippen molar-refractivity contribution in [2.45, 2.75) is 154 Å². The smallest absolute Gasteiger partial charge is 0.407 e. The van der Waals surface area contributed by atoms with E-state index < -0.39 is 113 Å². The first-order valence-electron chi connectivity index (χ1n) is 19.2. The van der Waals surface area contributed by atoms with Crippen molar-refractivity contribution < 1.29 is 68.4 Å². The normalized spacial score (nSPS) is 36.0. The van der Waals surface area contributed by atoms with E-state index in [2.05, 4.69) is 5.32 Å². The third-order valence-electron chi connectivity index (χ3n) is 12.5. The second-order valence-electron chi connectivity index (χ2n) is 18.1. The van der Waals surface area contributed by atoms with Gasteiger partial charge >= 0.3 is 24.0 Å². The lowest BCUT2D eigenvalue weighted by molar-refractivity contribution is -0.365. The Morgan fingerprint density at radius 3 is 2.18 bits per heavy atom. The third-order valence-corrected chi connectivity index (χ3v) is 12.5. The van der Waals surface area contributed by atoms with Crippen LogP contribution in [0.25, 0.3) is 0 Å². The molecular weight excluding hydrogens is 730 g/mol. The summed E-state index contributed by atoms with van der Waals surface area (Å²) in [5.41, 5.74) is -7.75. The zero-order valence-electron chi connectivity index (χ0n) is 33.9. The molecule has 4 aliphatic rings. The first-order chi connectivity index (χ1) is 25.8. The number of carbonyl (C=O) groups excluding carboxylic acids is 4. The van der Waals surface area contributed by atoms with Crippen molar-refractivity contribution in [3.63, 3.8) is 0 Å². The van der Waals surface area contributed by atoms with Crippen molar-refractivity contribution in [1.82, 2.24) is 5.32 Å². The van der Waals surface area contributed by atoms with Crippen molar-refractivity contribution in [3.05, 3.63) is 47.0 Å². The minimum atomic E-state index is -2.29. The fraction of sp³-hybridized carbons (Fsp3) is 0.707. The monoisotopic (exact) mass is 789 g/mol. The molecule has 5 rings (SSSR count). The molecule has 15 nitrogen and oxygen atoms in total. The van der Waals surface area contributed by atoms with Gasteiger partial charge in [-0.1, -0.05) is 52.8 Å². The Morgan fingerprint density at radius 2 is 1.64 bits per heavy atom. The van der Waals surface area contributed by atoms with Crippen LogP contribution < -0.4 is 5.32 Å². The van der Waals surface area contributed by atoms with Gasteiger partial charge in [-0.2, -0.15) is 0 Å². The molecule has 1 aromatic carbocycles. The van der Waals surface area contributed by atoms with Crippen LogP contribution in [0.5, 0.6) is 0 Å².